The first-order valence-corrected chi connectivity index (χ1v) is 6.22. The van der Waals surface area contributed by atoms with Gasteiger partial charge in [0.2, 0.25) is 0 Å². The minimum absolute atomic E-state index is 0.114. The van der Waals surface area contributed by atoms with Crippen LogP contribution in [0.5, 0.6) is 0 Å². The second-order valence-electron chi connectivity index (χ2n) is 4.71. The Hall–Kier alpha value is -1.01. The third-order valence-electron chi connectivity index (χ3n) is 2.49. The molecule has 0 saturated carbocycles. The number of anilines is 1. The summed E-state index contributed by atoms with van der Waals surface area (Å²) in [6.07, 6.45) is -3.09. The van der Waals surface area contributed by atoms with E-state index in [2.05, 4.69) is 10.3 Å². The van der Waals surface area contributed by atoms with Crippen LogP contribution in [0, 0.1) is 5.92 Å². The van der Waals surface area contributed by atoms with Crippen molar-refractivity contribution in [2.75, 3.05) is 11.9 Å². The Morgan fingerprint density at radius 1 is 1.42 bits per heavy atom. The number of aliphatic hydroxyl groups is 1. The summed E-state index contributed by atoms with van der Waals surface area (Å²) in [5.41, 5.74) is -0.896. The van der Waals surface area contributed by atoms with Gasteiger partial charge in [-0.05, 0) is 18.4 Å². The van der Waals surface area contributed by atoms with Crippen LogP contribution in [-0.4, -0.2) is 22.7 Å². The molecular weight excluding hydrogens is 281 g/mol. The van der Waals surface area contributed by atoms with E-state index in [0.29, 0.717) is 12.3 Å². The van der Waals surface area contributed by atoms with E-state index in [1.807, 2.05) is 13.8 Å². The third kappa shape index (κ3) is 4.87. The van der Waals surface area contributed by atoms with Crippen LogP contribution >= 0.6 is 11.6 Å². The van der Waals surface area contributed by atoms with E-state index in [1.165, 1.54) is 0 Å². The molecule has 108 valence electrons. The molecule has 3 nitrogen and oxygen atoms in total. The fourth-order valence-corrected chi connectivity index (χ4v) is 1.86. The maximum absolute atomic E-state index is 12.4. The Balaban J connectivity index is 2.85. The smallest absolute Gasteiger partial charge is 0.394 e. The van der Waals surface area contributed by atoms with Gasteiger partial charge in [0.25, 0.3) is 0 Å². The van der Waals surface area contributed by atoms with Crippen LogP contribution in [0.15, 0.2) is 12.3 Å². The summed E-state index contributed by atoms with van der Waals surface area (Å²) in [5.74, 6) is 0.479. The highest BCUT2D eigenvalue weighted by molar-refractivity contribution is 6.33. The van der Waals surface area contributed by atoms with Gasteiger partial charge in [-0.3, -0.25) is 0 Å². The molecule has 0 bridgehead atoms. The van der Waals surface area contributed by atoms with E-state index in [9.17, 15) is 18.3 Å². The van der Waals surface area contributed by atoms with Gasteiger partial charge in [-0.25, -0.2) is 4.98 Å². The van der Waals surface area contributed by atoms with E-state index in [-0.39, 0.29) is 23.5 Å². The van der Waals surface area contributed by atoms with Crippen LogP contribution in [0.4, 0.5) is 19.0 Å². The lowest BCUT2D eigenvalue weighted by Crippen LogP contribution is -2.26. The Kier molecular flexibility index (Phi) is 5.43. The van der Waals surface area contributed by atoms with Crippen molar-refractivity contribution in [2.45, 2.75) is 32.5 Å². The second-order valence-corrected chi connectivity index (χ2v) is 5.11. The van der Waals surface area contributed by atoms with E-state index in [0.717, 1.165) is 12.3 Å². The van der Waals surface area contributed by atoms with Gasteiger partial charge in [0.1, 0.15) is 5.82 Å². The van der Waals surface area contributed by atoms with Crippen LogP contribution in [0.1, 0.15) is 25.8 Å². The van der Waals surface area contributed by atoms with E-state index >= 15 is 0 Å². The minimum Gasteiger partial charge on any atom is -0.394 e. The van der Waals surface area contributed by atoms with Crippen molar-refractivity contribution in [3.63, 3.8) is 0 Å². The summed E-state index contributed by atoms with van der Waals surface area (Å²) in [7, 11) is 0. The van der Waals surface area contributed by atoms with Crippen LogP contribution in [0.3, 0.4) is 0 Å². The summed E-state index contributed by atoms with van der Waals surface area (Å²) in [5, 5.41) is 11.9. The molecule has 0 aromatic carbocycles. The van der Waals surface area contributed by atoms with Crippen LogP contribution in [-0.2, 0) is 6.18 Å². The molecule has 0 aliphatic carbocycles. The number of rotatable bonds is 5. The lowest BCUT2D eigenvalue weighted by atomic mass is 10.0. The van der Waals surface area contributed by atoms with Crippen LogP contribution < -0.4 is 5.32 Å². The monoisotopic (exact) mass is 296 g/mol. The molecule has 0 spiro atoms. The Morgan fingerprint density at radius 2 is 2.05 bits per heavy atom. The predicted octanol–water partition coefficient (Wildman–Crippen LogP) is 3.57. The molecule has 2 N–H and O–H groups in total. The molecule has 1 aromatic rings. The maximum atomic E-state index is 12.4. The van der Waals surface area contributed by atoms with Crippen molar-refractivity contribution in [1.82, 2.24) is 4.98 Å². The summed E-state index contributed by atoms with van der Waals surface area (Å²) in [6.45, 7) is 3.81. The third-order valence-corrected chi connectivity index (χ3v) is 2.77. The minimum atomic E-state index is -4.47. The van der Waals surface area contributed by atoms with Gasteiger partial charge in [0.05, 0.1) is 23.2 Å². The fraction of sp³-hybridized carbons (Fsp3) is 0.583. The van der Waals surface area contributed by atoms with Gasteiger partial charge in [0.15, 0.2) is 0 Å². The highest BCUT2D eigenvalue weighted by Crippen LogP contribution is 2.32. The highest BCUT2D eigenvalue weighted by Gasteiger charge is 2.31. The van der Waals surface area contributed by atoms with Gasteiger partial charge in [-0.1, -0.05) is 25.4 Å². The van der Waals surface area contributed by atoms with Crippen molar-refractivity contribution in [2.24, 2.45) is 5.92 Å². The first-order chi connectivity index (χ1) is 8.74. The molecule has 0 aliphatic rings. The molecule has 1 heterocycles. The SMILES string of the molecule is CC(C)CC(CO)Nc1ncc(C(F)(F)F)cc1Cl. The van der Waals surface area contributed by atoms with Gasteiger partial charge in [-0.2, -0.15) is 13.2 Å². The van der Waals surface area contributed by atoms with Crippen molar-refractivity contribution < 1.29 is 18.3 Å². The number of halogens is 4. The molecule has 0 fully saturated rings. The first kappa shape index (κ1) is 16.0. The number of aliphatic hydroxyl groups excluding tert-OH is 1. The Labute approximate surface area is 114 Å². The molecule has 0 amide bonds. The van der Waals surface area contributed by atoms with Crippen molar-refractivity contribution >= 4 is 17.4 Å². The number of nitrogens with zero attached hydrogens (tertiary/aromatic N) is 1. The van der Waals surface area contributed by atoms with Gasteiger partial charge in [0, 0.05) is 6.20 Å². The number of aromatic nitrogens is 1. The van der Waals surface area contributed by atoms with Gasteiger partial charge in [-0.15, -0.1) is 0 Å². The summed E-state index contributed by atoms with van der Waals surface area (Å²) in [6, 6.07) is 0.530. The first-order valence-electron chi connectivity index (χ1n) is 5.84. The van der Waals surface area contributed by atoms with Crippen molar-refractivity contribution in [3.05, 3.63) is 22.8 Å². The lowest BCUT2D eigenvalue weighted by Gasteiger charge is -2.19. The van der Waals surface area contributed by atoms with Gasteiger partial charge >= 0.3 is 6.18 Å². The molecular formula is C12H16ClF3N2O. The molecule has 0 aliphatic heterocycles. The number of nitrogens with one attached hydrogen (secondary N) is 1. The normalized spacial score (nSPS) is 13.7. The summed E-state index contributed by atoms with van der Waals surface area (Å²) >= 11 is 5.77. The molecule has 1 aromatic heterocycles. The number of alkyl halides is 3. The fourth-order valence-electron chi connectivity index (χ4n) is 1.64. The van der Waals surface area contributed by atoms with Crippen molar-refractivity contribution in [1.29, 1.82) is 0 Å². The maximum Gasteiger partial charge on any atom is 0.417 e. The molecule has 1 atom stereocenters. The molecule has 0 radical (unpaired) electrons. The molecule has 0 saturated heterocycles. The molecule has 19 heavy (non-hydrogen) atoms. The van der Waals surface area contributed by atoms with Crippen molar-refractivity contribution in [3.8, 4) is 0 Å². The number of pyridine rings is 1. The number of hydrogen-bond acceptors (Lipinski definition) is 3. The quantitative estimate of drug-likeness (QED) is 0.873. The number of hydrogen-bond donors (Lipinski definition) is 2. The second kappa shape index (κ2) is 6.43. The molecule has 7 heteroatoms. The van der Waals surface area contributed by atoms with Gasteiger partial charge < -0.3 is 10.4 Å². The molecule has 1 rings (SSSR count). The van der Waals surface area contributed by atoms with Crippen LogP contribution in [0.2, 0.25) is 5.02 Å². The van der Waals surface area contributed by atoms with E-state index < -0.39 is 11.7 Å². The van der Waals surface area contributed by atoms with E-state index in [4.69, 9.17) is 11.6 Å². The highest BCUT2D eigenvalue weighted by atomic mass is 35.5. The largest absolute Gasteiger partial charge is 0.417 e. The lowest BCUT2D eigenvalue weighted by molar-refractivity contribution is -0.137. The van der Waals surface area contributed by atoms with Crippen LogP contribution in [0.25, 0.3) is 0 Å². The zero-order valence-corrected chi connectivity index (χ0v) is 11.4. The Bertz CT molecular complexity index is 424. The summed E-state index contributed by atoms with van der Waals surface area (Å²) < 4.78 is 37.3. The molecule has 1 unspecified atom stereocenters. The Morgan fingerprint density at radius 3 is 2.47 bits per heavy atom. The predicted molar refractivity (Wildman–Crippen MR) is 68.2 cm³/mol. The average molecular weight is 297 g/mol. The average Bonchev–Trinajstić information content (AvgIpc) is 2.28. The topological polar surface area (TPSA) is 45.1 Å². The van der Waals surface area contributed by atoms with E-state index in [1.54, 1.807) is 0 Å². The zero-order chi connectivity index (χ0) is 14.6. The zero-order valence-electron chi connectivity index (χ0n) is 10.6. The standard InChI is InChI=1S/C12H16ClF3N2O/c1-7(2)3-9(6-19)18-11-10(13)4-8(5-17-11)12(14,15)16/h4-5,7,9,19H,3,6H2,1-2H3,(H,17,18). The summed E-state index contributed by atoms with van der Waals surface area (Å²) in [4.78, 5) is 3.67.